The first-order chi connectivity index (χ1) is 8.60. The number of nitrogens with zero attached hydrogens (tertiary/aromatic N) is 1. The van der Waals surface area contributed by atoms with Crippen LogP contribution in [0.1, 0.15) is 15.9 Å². The number of alkyl halides is 2. The Balaban J connectivity index is 2.30. The van der Waals surface area contributed by atoms with E-state index >= 15 is 0 Å². The van der Waals surface area contributed by atoms with E-state index in [2.05, 4.69) is 0 Å². The molecule has 1 aromatic carbocycles. The quantitative estimate of drug-likeness (QED) is 0.829. The van der Waals surface area contributed by atoms with Crippen molar-refractivity contribution in [3.05, 3.63) is 29.3 Å². The lowest BCUT2D eigenvalue weighted by Gasteiger charge is -2.38. The molecule has 0 aromatic heterocycles. The number of halogens is 2. The van der Waals surface area contributed by atoms with Crippen molar-refractivity contribution >= 4 is 15.7 Å². The van der Waals surface area contributed by atoms with E-state index in [9.17, 15) is 22.0 Å². The van der Waals surface area contributed by atoms with Crippen LogP contribution in [0.2, 0.25) is 0 Å². The zero-order chi connectivity index (χ0) is 14.4. The number of carbonyl (C=O) groups is 1. The number of likely N-dealkylation sites (tertiary alicyclic amines) is 1. The fraction of sp³-hybridized carbons (Fsp3) is 0.417. The minimum absolute atomic E-state index is 0.0469. The minimum Gasteiger partial charge on any atom is -0.326 e. The highest BCUT2D eigenvalue weighted by Crippen LogP contribution is 2.28. The molecule has 0 aliphatic carbocycles. The second-order valence-corrected chi connectivity index (χ2v) is 6.75. The van der Waals surface area contributed by atoms with Crippen molar-refractivity contribution in [2.24, 2.45) is 0 Å². The molecule has 0 unspecified atom stereocenters. The van der Waals surface area contributed by atoms with Crippen molar-refractivity contribution < 1.29 is 22.0 Å². The van der Waals surface area contributed by atoms with E-state index in [1.807, 2.05) is 0 Å². The summed E-state index contributed by atoms with van der Waals surface area (Å²) in [6.45, 7) is 0.379. The molecule has 0 bridgehead atoms. The van der Waals surface area contributed by atoms with Crippen molar-refractivity contribution in [3.63, 3.8) is 0 Å². The Labute approximate surface area is 109 Å². The van der Waals surface area contributed by atoms with Gasteiger partial charge in [0.15, 0.2) is 9.84 Å². The van der Waals surface area contributed by atoms with Crippen LogP contribution in [0.15, 0.2) is 23.1 Å². The highest BCUT2D eigenvalue weighted by atomic mass is 32.2. The molecule has 2 rings (SSSR count). The van der Waals surface area contributed by atoms with Crippen LogP contribution in [0.3, 0.4) is 0 Å². The van der Waals surface area contributed by atoms with E-state index in [1.165, 1.54) is 18.2 Å². The van der Waals surface area contributed by atoms with Crippen LogP contribution in [0.25, 0.3) is 0 Å². The summed E-state index contributed by atoms with van der Waals surface area (Å²) in [6, 6.07) is 4.19. The van der Waals surface area contributed by atoms with E-state index in [0.29, 0.717) is 5.56 Å². The number of hydrogen-bond donors (Lipinski definition) is 0. The zero-order valence-corrected chi connectivity index (χ0v) is 11.3. The molecule has 1 saturated heterocycles. The third kappa shape index (κ3) is 2.75. The monoisotopic (exact) mass is 289 g/mol. The largest absolute Gasteiger partial charge is 0.326 e. The Hall–Kier alpha value is -1.50. The molecule has 19 heavy (non-hydrogen) atoms. The van der Waals surface area contributed by atoms with Gasteiger partial charge in [0.05, 0.1) is 18.0 Å². The lowest BCUT2D eigenvalue weighted by molar-refractivity contribution is -0.113. The summed E-state index contributed by atoms with van der Waals surface area (Å²) in [5.41, 5.74) is 0.634. The first kappa shape index (κ1) is 13.9. The van der Waals surface area contributed by atoms with Crippen LogP contribution in [0.4, 0.5) is 8.78 Å². The van der Waals surface area contributed by atoms with Gasteiger partial charge in [-0.1, -0.05) is 6.07 Å². The molecule has 1 aromatic rings. The average molecular weight is 289 g/mol. The minimum atomic E-state index is -3.45. The number of amides is 1. The fourth-order valence-electron chi connectivity index (χ4n) is 1.97. The summed E-state index contributed by atoms with van der Waals surface area (Å²) in [5.74, 6) is -3.41. The van der Waals surface area contributed by atoms with Crippen LogP contribution in [0, 0.1) is 6.92 Å². The zero-order valence-electron chi connectivity index (χ0n) is 10.5. The summed E-state index contributed by atoms with van der Waals surface area (Å²) in [6.07, 6.45) is 1.04. The molecule has 0 saturated carbocycles. The Morgan fingerprint density at radius 1 is 1.32 bits per heavy atom. The summed E-state index contributed by atoms with van der Waals surface area (Å²) in [7, 11) is -3.45. The second kappa shape index (κ2) is 4.26. The lowest BCUT2D eigenvalue weighted by atomic mass is 10.1. The first-order valence-electron chi connectivity index (χ1n) is 5.58. The summed E-state index contributed by atoms with van der Waals surface area (Å²) in [5, 5.41) is 0. The smallest absolute Gasteiger partial charge is 0.282 e. The van der Waals surface area contributed by atoms with Gasteiger partial charge in [-0.05, 0) is 24.6 Å². The molecule has 1 heterocycles. The van der Waals surface area contributed by atoms with Crippen LogP contribution < -0.4 is 0 Å². The Morgan fingerprint density at radius 2 is 1.89 bits per heavy atom. The first-order valence-corrected chi connectivity index (χ1v) is 7.47. The number of benzene rings is 1. The Kier molecular flexibility index (Phi) is 3.12. The van der Waals surface area contributed by atoms with Gasteiger partial charge in [-0.3, -0.25) is 4.79 Å². The summed E-state index contributed by atoms with van der Waals surface area (Å²) >= 11 is 0. The topological polar surface area (TPSA) is 54.5 Å². The molecule has 0 N–H and O–H groups in total. The molecule has 4 nitrogen and oxygen atoms in total. The van der Waals surface area contributed by atoms with Crippen LogP contribution in [0.5, 0.6) is 0 Å². The highest BCUT2D eigenvalue weighted by Gasteiger charge is 2.46. The van der Waals surface area contributed by atoms with Crippen molar-refractivity contribution in [1.82, 2.24) is 4.90 Å². The van der Waals surface area contributed by atoms with Crippen LogP contribution in [-0.4, -0.2) is 44.5 Å². The lowest BCUT2D eigenvalue weighted by Crippen LogP contribution is -2.58. The summed E-state index contributed by atoms with van der Waals surface area (Å²) < 4.78 is 48.5. The van der Waals surface area contributed by atoms with Gasteiger partial charge in [0.1, 0.15) is 0 Å². The van der Waals surface area contributed by atoms with Crippen LogP contribution in [-0.2, 0) is 9.84 Å². The number of sulfone groups is 1. The molecular weight excluding hydrogens is 276 g/mol. The molecule has 1 amide bonds. The van der Waals surface area contributed by atoms with Gasteiger partial charge in [-0.15, -0.1) is 0 Å². The Bertz CT molecular complexity index is 632. The van der Waals surface area contributed by atoms with Crippen molar-refractivity contribution in [3.8, 4) is 0 Å². The molecule has 104 valence electrons. The van der Waals surface area contributed by atoms with Gasteiger partial charge in [-0.2, -0.15) is 0 Å². The predicted octanol–water partition coefficient (Wildman–Crippen LogP) is 1.49. The molecular formula is C12H13F2NO3S. The van der Waals surface area contributed by atoms with Gasteiger partial charge in [-0.25, -0.2) is 17.2 Å². The van der Waals surface area contributed by atoms with E-state index in [-0.39, 0.29) is 10.5 Å². The van der Waals surface area contributed by atoms with E-state index in [4.69, 9.17) is 0 Å². The number of carbonyl (C=O) groups excluding carboxylic acids is 1. The van der Waals surface area contributed by atoms with Gasteiger partial charge in [0.25, 0.3) is 11.8 Å². The predicted molar refractivity (Wildman–Crippen MR) is 65.1 cm³/mol. The molecule has 1 aliphatic heterocycles. The standard InChI is InChI=1S/C12H13F2NO3S/c1-8-3-4-9(5-10(8)19(2,17)18)11(16)15-6-12(13,14)7-15/h3-5H,6-7H2,1-2H3. The maximum Gasteiger partial charge on any atom is 0.282 e. The number of aryl methyl sites for hydroxylation is 1. The van der Waals surface area contributed by atoms with Crippen molar-refractivity contribution in [2.45, 2.75) is 17.7 Å². The molecule has 7 heteroatoms. The number of rotatable bonds is 2. The van der Waals surface area contributed by atoms with E-state index in [0.717, 1.165) is 11.2 Å². The normalized spacial score (nSPS) is 18.0. The second-order valence-electron chi connectivity index (χ2n) is 4.77. The van der Waals surface area contributed by atoms with Crippen molar-refractivity contribution in [1.29, 1.82) is 0 Å². The van der Waals surface area contributed by atoms with Gasteiger partial charge < -0.3 is 4.90 Å². The van der Waals surface area contributed by atoms with Gasteiger partial charge in [0.2, 0.25) is 0 Å². The molecule has 1 aliphatic rings. The SMILES string of the molecule is Cc1ccc(C(=O)N2CC(F)(F)C2)cc1S(C)(=O)=O. The third-order valence-electron chi connectivity index (χ3n) is 2.97. The molecule has 0 spiro atoms. The molecule has 0 radical (unpaired) electrons. The van der Waals surface area contributed by atoms with Crippen molar-refractivity contribution in [2.75, 3.05) is 19.3 Å². The van der Waals surface area contributed by atoms with Gasteiger partial charge in [0, 0.05) is 11.8 Å². The Morgan fingerprint density at radius 3 is 2.37 bits per heavy atom. The number of hydrogen-bond acceptors (Lipinski definition) is 3. The van der Waals surface area contributed by atoms with E-state index < -0.39 is 34.8 Å². The fourth-order valence-corrected chi connectivity index (χ4v) is 2.96. The maximum absolute atomic E-state index is 12.7. The highest BCUT2D eigenvalue weighted by molar-refractivity contribution is 7.90. The van der Waals surface area contributed by atoms with E-state index in [1.54, 1.807) is 6.92 Å². The molecule has 1 fully saturated rings. The molecule has 0 atom stereocenters. The maximum atomic E-state index is 12.7. The van der Waals surface area contributed by atoms with Gasteiger partial charge >= 0.3 is 0 Å². The van der Waals surface area contributed by atoms with Crippen LogP contribution >= 0.6 is 0 Å². The third-order valence-corrected chi connectivity index (χ3v) is 4.20. The summed E-state index contributed by atoms with van der Waals surface area (Å²) in [4.78, 5) is 12.9. The average Bonchev–Trinajstić information content (AvgIpc) is 2.24.